The number of fused-ring (bicyclic) bond motifs is 1. The Morgan fingerprint density at radius 1 is 1.14 bits per heavy atom. The Kier molecular flexibility index (Phi) is 7.86. The number of hydrogen-bond donors (Lipinski definition) is 0. The summed E-state index contributed by atoms with van der Waals surface area (Å²) in [5.74, 6) is 0.254. The van der Waals surface area contributed by atoms with E-state index in [-0.39, 0.29) is 42.7 Å². The molecule has 0 N–H and O–H groups in total. The van der Waals surface area contributed by atoms with Gasteiger partial charge in [0, 0.05) is 17.5 Å². The first-order chi connectivity index (χ1) is 16.9. The molecule has 1 aromatic heterocycles. The van der Waals surface area contributed by atoms with E-state index >= 15 is 0 Å². The highest BCUT2D eigenvalue weighted by Crippen LogP contribution is 2.38. The van der Waals surface area contributed by atoms with E-state index in [1.54, 1.807) is 35.5 Å². The number of halogens is 1. The van der Waals surface area contributed by atoms with Crippen molar-refractivity contribution in [2.75, 3.05) is 20.2 Å². The molecule has 0 spiro atoms. The Balaban J connectivity index is 1.56. The molecule has 2 amide bonds. The second-order valence-corrected chi connectivity index (χ2v) is 9.89. The van der Waals surface area contributed by atoms with Crippen molar-refractivity contribution < 1.29 is 18.7 Å². The number of ether oxygens (including phenoxy) is 1. The monoisotopic (exact) mass is 494 g/mol. The van der Waals surface area contributed by atoms with Gasteiger partial charge >= 0.3 is 0 Å². The quantitative estimate of drug-likeness (QED) is 0.430. The van der Waals surface area contributed by atoms with Crippen LogP contribution in [0.4, 0.5) is 4.39 Å². The zero-order valence-corrected chi connectivity index (χ0v) is 21.2. The lowest BCUT2D eigenvalue weighted by atomic mass is 9.93. The molecular weight excluding hydrogens is 463 g/mol. The summed E-state index contributed by atoms with van der Waals surface area (Å²) in [5, 5.41) is 2.04. The van der Waals surface area contributed by atoms with Crippen LogP contribution in [0.1, 0.15) is 47.9 Å². The molecule has 35 heavy (non-hydrogen) atoms. The minimum atomic E-state index is -0.306. The molecule has 1 aliphatic rings. The van der Waals surface area contributed by atoms with Gasteiger partial charge in [0.1, 0.15) is 18.1 Å². The summed E-state index contributed by atoms with van der Waals surface area (Å²) in [4.78, 5) is 31.8. The second kappa shape index (κ2) is 11.0. The average molecular weight is 495 g/mol. The van der Waals surface area contributed by atoms with E-state index in [4.69, 9.17) is 4.74 Å². The van der Waals surface area contributed by atoms with Gasteiger partial charge in [0.05, 0.1) is 19.6 Å². The molecule has 0 bridgehead atoms. The number of carbonyl (C=O) groups is 2. The molecule has 1 aliphatic heterocycles. The summed E-state index contributed by atoms with van der Waals surface area (Å²) in [5.41, 5.74) is 2.83. The smallest absolute Gasteiger partial charge is 0.243 e. The lowest BCUT2D eigenvalue weighted by Crippen LogP contribution is -2.49. The number of nitrogens with zero attached hydrogens (tertiary/aromatic N) is 2. The van der Waals surface area contributed by atoms with Gasteiger partial charge in [0.15, 0.2) is 0 Å². The summed E-state index contributed by atoms with van der Waals surface area (Å²) in [6.45, 7) is 4.57. The standard InChI is InChI=1S/C28H31FN2O3S/c1-4-19(2)31(26(32)17-20-5-11-23(34-3)12-6-20)18-27(33)30-15-13-25-24(14-16-35-25)28(30)21-7-9-22(29)10-8-21/h5-12,14,16,19,28H,4,13,15,17-18H2,1-3H3. The Bertz CT molecular complexity index is 1160. The molecular formula is C28H31FN2O3S. The minimum absolute atomic E-state index is 0.0150. The molecule has 4 rings (SSSR count). The maximum absolute atomic E-state index is 13.7. The van der Waals surface area contributed by atoms with Crippen LogP contribution >= 0.6 is 11.3 Å². The first-order valence-electron chi connectivity index (χ1n) is 11.9. The van der Waals surface area contributed by atoms with Gasteiger partial charge < -0.3 is 14.5 Å². The normalized spacial score (nSPS) is 15.9. The van der Waals surface area contributed by atoms with Gasteiger partial charge in [0.2, 0.25) is 11.8 Å². The summed E-state index contributed by atoms with van der Waals surface area (Å²) >= 11 is 1.69. The van der Waals surface area contributed by atoms with Crippen LogP contribution in [-0.2, 0) is 22.4 Å². The topological polar surface area (TPSA) is 49.9 Å². The third-order valence-corrected chi connectivity index (χ3v) is 7.73. The predicted octanol–water partition coefficient (Wildman–Crippen LogP) is 5.24. The molecule has 0 saturated heterocycles. The number of carbonyl (C=O) groups excluding carboxylic acids is 2. The third kappa shape index (κ3) is 5.56. The van der Waals surface area contributed by atoms with Crippen LogP contribution in [0, 0.1) is 5.82 Å². The Morgan fingerprint density at radius 2 is 1.86 bits per heavy atom. The predicted molar refractivity (Wildman–Crippen MR) is 136 cm³/mol. The maximum Gasteiger partial charge on any atom is 0.243 e. The van der Waals surface area contributed by atoms with Crippen molar-refractivity contribution in [3.8, 4) is 5.75 Å². The molecule has 184 valence electrons. The zero-order valence-electron chi connectivity index (χ0n) is 20.4. The average Bonchev–Trinajstić information content (AvgIpc) is 3.36. The molecule has 0 radical (unpaired) electrons. The second-order valence-electron chi connectivity index (χ2n) is 8.89. The Morgan fingerprint density at radius 3 is 2.51 bits per heavy atom. The van der Waals surface area contributed by atoms with Gasteiger partial charge in [-0.2, -0.15) is 0 Å². The number of amides is 2. The fourth-order valence-electron chi connectivity index (χ4n) is 4.56. The van der Waals surface area contributed by atoms with Gasteiger partial charge in [-0.05, 0) is 72.2 Å². The largest absolute Gasteiger partial charge is 0.497 e. The minimum Gasteiger partial charge on any atom is -0.497 e. The van der Waals surface area contributed by atoms with Crippen LogP contribution in [0.25, 0.3) is 0 Å². The van der Waals surface area contributed by atoms with Crippen molar-refractivity contribution in [2.45, 2.75) is 45.2 Å². The molecule has 5 nitrogen and oxygen atoms in total. The van der Waals surface area contributed by atoms with Crippen LogP contribution in [0.2, 0.25) is 0 Å². The lowest BCUT2D eigenvalue weighted by Gasteiger charge is -2.38. The van der Waals surface area contributed by atoms with Gasteiger partial charge in [-0.25, -0.2) is 4.39 Å². The van der Waals surface area contributed by atoms with Crippen molar-refractivity contribution in [1.29, 1.82) is 0 Å². The molecule has 0 aliphatic carbocycles. The van der Waals surface area contributed by atoms with Crippen LogP contribution in [0.15, 0.2) is 60.0 Å². The van der Waals surface area contributed by atoms with Crippen molar-refractivity contribution in [1.82, 2.24) is 9.80 Å². The summed E-state index contributed by atoms with van der Waals surface area (Å²) in [6, 6.07) is 15.5. The highest BCUT2D eigenvalue weighted by molar-refractivity contribution is 7.10. The van der Waals surface area contributed by atoms with E-state index in [0.717, 1.165) is 35.3 Å². The number of rotatable bonds is 8. The number of methoxy groups -OCH3 is 1. The highest BCUT2D eigenvalue weighted by Gasteiger charge is 2.34. The fourth-order valence-corrected chi connectivity index (χ4v) is 5.46. The number of hydrogen-bond acceptors (Lipinski definition) is 4. The van der Waals surface area contributed by atoms with Gasteiger partial charge in [0.25, 0.3) is 0 Å². The van der Waals surface area contributed by atoms with Gasteiger partial charge in [-0.1, -0.05) is 31.2 Å². The fraction of sp³-hybridized carbons (Fsp3) is 0.357. The number of benzene rings is 2. The summed E-state index contributed by atoms with van der Waals surface area (Å²) in [6.07, 6.45) is 1.74. The van der Waals surface area contributed by atoms with E-state index in [0.29, 0.717) is 6.54 Å². The first-order valence-corrected chi connectivity index (χ1v) is 12.8. The molecule has 2 atom stereocenters. The molecule has 2 aromatic carbocycles. The van der Waals surface area contributed by atoms with E-state index < -0.39 is 0 Å². The van der Waals surface area contributed by atoms with Crippen molar-refractivity contribution >= 4 is 23.2 Å². The maximum atomic E-state index is 13.7. The van der Waals surface area contributed by atoms with Crippen molar-refractivity contribution in [2.24, 2.45) is 0 Å². The van der Waals surface area contributed by atoms with Crippen LogP contribution < -0.4 is 4.74 Å². The van der Waals surface area contributed by atoms with Crippen LogP contribution in [-0.4, -0.2) is 47.9 Å². The Labute approximate surface area is 210 Å². The Hall–Kier alpha value is -3.19. The molecule has 7 heteroatoms. The van der Waals surface area contributed by atoms with Crippen molar-refractivity contribution in [3.63, 3.8) is 0 Å². The van der Waals surface area contributed by atoms with Gasteiger partial charge in [-0.15, -0.1) is 11.3 Å². The highest BCUT2D eigenvalue weighted by atomic mass is 32.1. The first kappa shape index (κ1) is 24.9. The van der Waals surface area contributed by atoms with E-state index in [1.165, 1.54) is 17.0 Å². The molecule has 2 unspecified atom stereocenters. The molecule has 2 heterocycles. The molecule has 0 fully saturated rings. The van der Waals surface area contributed by atoms with Crippen molar-refractivity contribution in [3.05, 3.63) is 87.4 Å². The van der Waals surface area contributed by atoms with Gasteiger partial charge in [-0.3, -0.25) is 9.59 Å². The molecule has 3 aromatic rings. The van der Waals surface area contributed by atoms with Crippen LogP contribution in [0.3, 0.4) is 0 Å². The lowest BCUT2D eigenvalue weighted by molar-refractivity contribution is -0.143. The number of thiophene rings is 1. The molecule has 0 saturated carbocycles. The van der Waals surface area contributed by atoms with E-state index in [2.05, 4.69) is 6.07 Å². The van der Waals surface area contributed by atoms with E-state index in [9.17, 15) is 14.0 Å². The van der Waals surface area contributed by atoms with Crippen LogP contribution in [0.5, 0.6) is 5.75 Å². The zero-order chi connectivity index (χ0) is 24.9. The van der Waals surface area contributed by atoms with E-state index in [1.807, 2.05) is 48.4 Å². The summed E-state index contributed by atoms with van der Waals surface area (Å²) in [7, 11) is 1.61. The SMILES string of the molecule is CCC(C)N(CC(=O)N1CCc2sccc2C1c1ccc(F)cc1)C(=O)Cc1ccc(OC)cc1. The third-order valence-electron chi connectivity index (χ3n) is 6.74. The summed E-state index contributed by atoms with van der Waals surface area (Å²) < 4.78 is 18.8.